The first-order valence-electron chi connectivity index (χ1n) is 5.86. The van der Waals surface area contributed by atoms with Gasteiger partial charge in [-0.3, -0.25) is 4.98 Å². The Kier molecular flexibility index (Phi) is 4.58. The maximum atomic E-state index is 5.74. The smallest absolute Gasteiger partial charge is 0.171 e. The predicted molar refractivity (Wildman–Crippen MR) is 78.9 cm³/mol. The van der Waals surface area contributed by atoms with Gasteiger partial charge in [0.1, 0.15) is 5.69 Å². The van der Waals surface area contributed by atoms with Gasteiger partial charge in [-0.15, -0.1) is 5.10 Å². The Morgan fingerprint density at radius 3 is 2.58 bits per heavy atom. The van der Waals surface area contributed by atoms with E-state index < -0.39 is 0 Å². The third kappa shape index (κ3) is 4.20. The molecule has 0 amide bonds. The van der Waals surface area contributed by atoms with E-state index in [2.05, 4.69) is 15.2 Å². The van der Waals surface area contributed by atoms with Crippen LogP contribution in [0.25, 0.3) is 6.08 Å². The van der Waals surface area contributed by atoms with Gasteiger partial charge in [0.05, 0.1) is 0 Å². The Hall–Kier alpha value is -2.75. The van der Waals surface area contributed by atoms with Crippen LogP contribution >= 0.6 is 0 Å². The molecule has 2 N–H and O–H groups in total. The quantitative estimate of drug-likeness (QED) is 0.514. The van der Waals surface area contributed by atoms with Crippen LogP contribution in [0.1, 0.15) is 11.3 Å². The van der Waals surface area contributed by atoms with E-state index in [1.165, 1.54) is 0 Å². The lowest BCUT2D eigenvalue weighted by atomic mass is 10.2. The van der Waals surface area contributed by atoms with Gasteiger partial charge in [0.2, 0.25) is 0 Å². The molecule has 94 valence electrons. The molecule has 0 aliphatic heterocycles. The van der Waals surface area contributed by atoms with Crippen molar-refractivity contribution < 1.29 is 0 Å². The summed E-state index contributed by atoms with van der Waals surface area (Å²) < 4.78 is 0. The van der Waals surface area contributed by atoms with Crippen LogP contribution in [-0.4, -0.2) is 17.0 Å². The highest BCUT2D eigenvalue weighted by Gasteiger charge is 1.95. The number of amidine groups is 1. The van der Waals surface area contributed by atoms with Crippen molar-refractivity contribution in [2.24, 2.45) is 15.9 Å². The van der Waals surface area contributed by atoms with Gasteiger partial charge >= 0.3 is 0 Å². The average molecular weight is 250 g/mol. The molecule has 1 aromatic carbocycles. The van der Waals surface area contributed by atoms with Gasteiger partial charge in [-0.2, -0.15) is 5.10 Å². The molecule has 0 radical (unpaired) electrons. The lowest BCUT2D eigenvalue weighted by Crippen LogP contribution is -2.14. The van der Waals surface area contributed by atoms with Crippen LogP contribution in [0.2, 0.25) is 0 Å². The number of nitrogens with zero attached hydrogens (tertiary/aromatic N) is 3. The van der Waals surface area contributed by atoms with Crippen LogP contribution in [0.4, 0.5) is 0 Å². The summed E-state index contributed by atoms with van der Waals surface area (Å²) >= 11 is 0. The van der Waals surface area contributed by atoms with Crippen molar-refractivity contribution in [3.8, 4) is 0 Å². The Balaban J connectivity index is 1.95. The number of pyridine rings is 1. The minimum Gasteiger partial charge on any atom is -0.380 e. The number of rotatable bonds is 4. The fourth-order valence-corrected chi connectivity index (χ4v) is 1.42. The molecule has 0 unspecified atom stereocenters. The second-order valence-electron chi connectivity index (χ2n) is 3.73. The summed E-state index contributed by atoms with van der Waals surface area (Å²) in [5.41, 5.74) is 7.46. The molecule has 4 heteroatoms. The molecule has 0 fully saturated rings. The van der Waals surface area contributed by atoms with Gasteiger partial charge in [0, 0.05) is 12.4 Å². The Labute approximate surface area is 112 Å². The molecular weight excluding hydrogens is 236 g/mol. The molecule has 19 heavy (non-hydrogen) atoms. The molecule has 4 nitrogen and oxygen atoms in total. The molecule has 0 atom stereocenters. The van der Waals surface area contributed by atoms with Crippen molar-refractivity contribution in [2.45, 2.75) is 0 Å². The normalized spacial score (nSPS) is 12.3. The molecule has 0 saturated heterocycles. The van der Waals surface area contributed by atoms with Crippen molar-refractivity contribution in [1.82, 2.24) is 4.98 Å². The maximum absolute atomic E-state index is 5.74. The summed E-state index contributed by atoms with van der Waals surface area (Å²) in [6, 6.07) is 15.4. The van der Waals surface area contributed by atoms with Gasteiger partial charge in [-0.05, 0) is 23.8 Å². The number of aromatic nitrogens is 1. The number of benzene rings is 1. The molecule has 0 spiro atoms. The van der Waals surface area contributed by atoms with E-state index in [4.69, 9.17) is 5.73 Å². The fraction of sp³-hybridized carbons (Fsp3) is 0. The molecule has 0 bridgehead atoms. The summed E-state index contributed by atoms with van der Waals surface area (Å²) in [6.45, 7) is 0. The first kappa shape index (κ1) is 12.7. The van der Waals surface area contributed by atoms with Crippen molar-refractivity contribution in [1.29, 1.82) is 0 Å². The van der Waals surface area contributed by atoms with Crippen molar-refractivity contribution >= 4 is 18.1 Å². The fourth-order valence-electron chi connectivity index (χ4n) is 1.42. The van der Waals surface area contributed by atoms with E-state index in [0.717, 1.165) is 5.56 Å². The van der Waals surface area contributed by atoms with Crippen LogP contribution in [0.5, 0.6) is 0 Å². The standard InChI is InChI=1S/C15H14N4/c16-15(14-10-4-5-11-17-14)19-18-12-6-9-13-7-2-1-3-8-13/h1-12H,(H2,16,19). The second kappa shape index (κ2) is 6.86. The Morgan fingerprint density at radius 1 is 1.05 bits per heavy atom. The molecule has 1 heterocycles. The lowest BCUT2D eigenvalue weighted by molar-refractivity contribution is 1.20. The molecule has 1 aromatic heterocycles. The molecule has 0 aliphatic rings. The zero-order valence-electron chi connectivity index (χ0n) is 10.3. The summed E-state index contributed by atoms with van der Waals surface area (Å²) in [4.78, 5) is 4.08. The van der Waals surface area contributed by atoms with Crippen LogP contribution < -0.4 is 5.73 Å². The lowest BCUT2D eigenvalue weighted by Gasteiger charge is -1.94. The van der Waals surface area contributed by atoms with Crippen molar-refractivity contribution in [2.75, 3.05) is 0 Å². The zero-order valence-corrected chi connectivity index (χ0v) is 10.3. The van der Waals surface area contributed by atoms with E-state index in [1.54, 1.807) is 18.5 Å². The topological polar surface area (TPSA) is 63.6 Å². The van der Waals surface area contributed by atoms with E-state index in [1.807, 2.05) is 54.6 Å². The molecular formula is C15H14N4. The monoisotopic (exact) mass is 250 g/mol. The third-order valence-electron chi connectivity index (χ3n) is 2.33. The van der Waals surface area contributed by atoms with Gasteiger partial charge in [0.25, 0.3) is 0 Å². The Bertz CT molecular complexity index is 586. The highest BCUT2D eigenvalue weighted by Crippen LogP contribution is 1.99. The molecule has 0 saturated carbocycles. The van der Waals surface area contributed by atoms with E-state index in [-0.39, 0.29) is 0 Å². The number of hydrogen-bond donors (Lipinski definition) is 1. The minimum absolute atomic E-state index is 0.296. The van der Waals surface area contributed by atoms with Gasteiger partial charge < -0.3 is 5.73 Å². The highest BCUT2D eigenvalue weighted by molar-refractivity contribution is 5.95. The van der Waals surface area contributed by atoms with E-state index in [9.17, 15) is 0 Å². The number of nitrogens with two attached hydrogens (primary N) is 1. The largest absolute Gasteiger partial charge is 0.380 e. The van der Waals surface area contributed by atoms with Crippen LogP contribution in [0, 0.1) is 0 Å². The predicted octanol–water partition coefficient (Wildman–Crippen LogP) is 2.49. The summed E-state index contributed by atoms with van der Waals surface area (Å²) in [6.07, 6.45) is 7.00. The Morgan fingerprint density at radius 2 is 1.84 bits per heavy atom. The van der Waals surface area contributed by atoms with Gasteiger partial charge in [-0.1, -0.05) is 42.5 Å². The maximum Gasteiger partial charge on any atom is 0.171 e. The van der Waals surface area contributed by atoms with Crippen LogP contribution in [0.15, 0.2) is 71.0 Å². The van der Waals surface area contributed by atoms with Crippen LogP contribution in [0.3, 0.4) is 0 Å². The molecule has 2 aromatic rings. The van der Waals surface area contributed by atoms with E-state index >= 15 is 0 Å². The molecule has 0 aliphatic carbocycles. The summed E-state index contributed by atoms with van der Waals surface area (Å²) in [5.74, 6) is 0.296. The SMILES string of the molecule is NC(=NN=CC=Cc1ccccc1)c1ccccn1. The summed E-state index contributed by atoms with van der Waals surface area (Å²) in [7, 11) is 0. The van der Waals surface area contributed by atoms with Crippen molar-refractivity contribution in [3.63, 3.8) is 0 Å². The van der Waals surface area contributed by atoms with Crippen molar-refractivity contribution in [3.05, 3.63) is 72.1 Å². The van der Waals surface area contributed by atoms with Gasteiger partial charge in [-0.25, -0.2) is 0 Å². The number of hydrogen-bond acceptors (Lipinski definition) is 3. The molecule has 2 rings (SSSR count). The third-order valence-corrected chi connectivity index (χ3v) is 2.33. The number of allylic oxidation sites excluding steroid dienone is 1. The second-order valence-corrected chi connectivity index (χ2v) is 3.73. The van der Waals surface area contributed by atoms with E-state index in [0.29, 0.717) is 11.5 Å². The zero-order chi connectivity index (χ0) is 13.3. The summed E-state index contributed by atoms with van der Waals surface area (Å²) in [5, 5.41) is 7.75. The minimum atomic E-state index is 0.296. The highest BCUT2D eigenvalue weighted by atomic mass is 15.2. The van der Waals surface area contributed by atoms with Crippen LogP contribution in [-0.2, 0) is 0 Å². The average Bonchev–Trinajstić information content (AvgIpc) is 2.49. The first-order valence-corrected chi connectivity index (χ1v) is 5.86. The van der Waals surface area contributed by atoms with Gasteiger partial charge in [0.15, 0.2) is 5.84 Å². The first-order chi connectivity index (χ1) is 9.36.